The van der Waals surface area contributed by atoms with Gasteiger partial charge in [-0.05, 0) is 30.9 Å². The molecule has 1 aliphatic rings. The number of amides is 1. The summed E-state index contributed by atoms with van der Waals surface area (Å²) in [4.78, 5) is 13.9. The van der Waals surface area contributed by atoms with Crippen molar-refractivity contribution in [1.82, 2.24) is 4.90 Å². The fourth-order valence-corrected chi connectivity index (χ4v) is 1.85. The van der Waals surface area contributed by atoms with Crippen molar-refractivity contribution in [1.29, 1.82) is 0 Å². The quantitative estimate of drug-likeness (QED) is 0.808. The second-order valence-corrected chi connectivity index (χ2v) is 4.62. The van der Waals surface area contributed by atoms with Crippen molar-refractivity contribution in [3.05, 3.63) is 23.8 Å². The zero-order valence-electron chi connectivity index (χ0n) is 10.3. The van der Waals surface area contributed by atoms with Crippen LogP contribution in [-0.2, 0) is 0 Å². The summed E-state index contributed by atoms with van der Waals surface area (Å²) < 4.78 is 5.11. The highest BCUT2D eigenvalue weighted by molar-refractivity contribution is 5.95. The van der Waals surface area contributed by atoms with Crippen LogP contribution in [0.4, 0.5) is 5.69 Å². The van der Waals surface area contributed by atoms with Gasteiger partial charge in [0.1, 0.15) is 5.75 Å². The molecule has 1 aromatic carbocycles. The topological polar surface area (TPSA) is 55.6 Å². The fourth-order valence-electron chi connectivity index (χ4n) is 1.85. The number of carbonyl (C=O) groups excluding carboxylic acids is 1. The van der Waals surface area contributed by atoms with E-state index in [-0.39, 0.29) is 5.91 Å². The second kappa shape index (κ2) is 4.65. The molecule has 2 rings (SSSR count). The van der Waals surface area contributed by atoms with Crippen molar-refractivity contribution >= 4 is 11.6 Å². The molecule has 0 radical (unpaired) electrons. The molecular weight excluding hydrogens is 216 g/mol. The molecule has 0 aromatic heterocycles. The minimum atomic E-state index is 0.00231. The van der Waals surface area contributed by atoms with E-state index in [2.05, 4.69) is 0 Å². The van der Waals surface area contributed by atoms with Crippen LogP contribution in [0.3, 0.4) is 0 Å². The standard InChI is InChI=1S/C13H18N2O2/c1-15(8-9-3-4-9)13(16)10-5-11(14)7-12(6-10)17-2/h5-7,9H,3-4,8,14H2,1-2H3. The zero-order valence-corrected chi connectivity index (χ0v) is 10.3. The summed E-state index contributed by atoms with van der Waals surface area (Å²) in [6, 6.07) is 5.12. The SMILES string of the molecule is COc1cc(N)cc(C(=O)N(C)CC2CC2)c1. The van der Waals surface area contributed by atoms with E-state index in [9.17, 15) is 4.79 Å². The molecule has 0 atom stereocenters. The maximum atomic E-state index is 12.1. The molecule has 92 valence electrons. The van der Waals surface area contributed by atoms with E-state index in [0.29, 0.717) is 22.9 Å². The van der Waals surface area contributed by atoms with Crippen LogP contribution in [-0.4, -0.2) is 31.5 Å². The molecule has 0 heterocycles. The first-order valence-electron chi connectivity index (χ1n) is 5.80. The summed E-state index contributed by atoms with van der Waals surface area (Å²) in [6.45, 7) is 0.829. The Hall–Kier alpha value is -1.71. The van der Waals surface area contributed by atoms with Gasteiger partial charge in [-0.2, -0.15) is 0 Å². The number of nitrogen functional groups attached to an aromatic ring is 1. The van der Waals surface area contributed by atoms with Gasteiger partial charge in [0.2, 0.25) is 0 Å². The van der Waals surface area contributed by atoms with Crippen LogP contribution in [0.25, 0.3) is 0 Å². The lowest BCUT2D eigenvalue weighted by molar-refractivity contribution is 0.0788. The smallest absolute Gasteiger partial charge is 0.253 e. The first-order chi connectivity index (χ1) is 8.10. The summed E-state index contributed by atoms with van der Waals surface area (Å²) >= 11 is 0. The van der Waals surface area contributed by atoms with Crippen molar-refractivity contribution in [3.63, 3.8) is 0 Å². The molecule has 1 amide bonds. The minimum absolute atomic E-state index is 0.00231. The summed E-state index contributed by atoms with van der Waals surface area (Å²) in [5, 5.41) is 0. The summed E-state index contributed by atoms with van der Waals surface area (Å²) in [6.07, 6.45) is 2.47. The Morgan fingerprint density at radius 3 is 2.76 bits per heavy atom. The molecular formula is C13H18N2O2. The zero-order chi connectivity index (χ0) is 12.4. The molecule has 1 fully saturated rings. The van der Waals surface area contributed by atoms with Crippen molar-refractivity contribution in [2.24, 2.45) is 5.92 Å². The average molecular weight is 234 g/mol. The Morgan fingerprint density at radius 2 is 2.18 bits per heavy atom. The number of benzene rings is 1. The molecule has 0 unspecified atom stereocenters. The number of methoxy groups -OCH3 is 1. The third-order valence-electron chi connectivity index (χ3n) is 2.99. The van der Waals surface area contributed by atoms with Crippen molar-refractivity contribution < 1.29 is 9.53 Å². The predicted molar refractivity (Wildman–Crippen MR) is 67.1 cm³/mol. The summed E-state index contributed by atoms with van der Waals surface area (Å²) in [5.74, 6) is 1.31. The third-order valence-corrected chi connectivity index (χ3v) is 2.99. The van der Waals surface area contributed by atoms with Crippen molar-refractivity contribution in [2.75, 3.05) is 26.4 Å². The van der Waals surface area contributed by atoms with Crippen LogP contribution in [0.2, 0.25) is 0 Å². The van der Waals surface area contributed by atoms with Gasteiger partial charge >= 0.3 is 0 Å². The van der Waals surface area contributed by atoms with E-state index in [1.807, 2.05) is 7.05 Å². The Labute approximate surface area is 101 Å². The van der Waals surface area contributed by atoms with E-state index < -0.39 is 0 Å². The van der Waals surface area contributed by atoms with Gasteiger partial charge < -0.3 is 15.4 Å². The van der Waals surface area contributed by atoms with Crippen LogP contribution in [0, 0.1) is 5.92 Å². The number of ether oxygens (including phenoxy) is 1. The molecule has 0 aliphatic heterocycles. The number of nitrogens with two attached hydrogens (primary N) is 1. The van der Waals surface area contributed by atoms with E-state index in [1.54, 1.807) is 30.2 Å². The molecule has 1 aromatic rings. The van der Waals surface area contributed by atoms with Crippen molar-refractivity contribution in [2.45, 2.75) is 12.8 Å². The average Bonchev–Trinajstić information content (AvgIpc) is 3.10. The highest BCUT2D eigenvalue weighted by Gasteiger charge is 2.25. The predicted octanol–water partition coefficient (Wildman–Crippen LogP) is 1.76. The first kappa shape index (κ1) is 11.8. The molecule has 0 bridgehead atoms. The lowest BCUT2D eigenvalue weighted by Crippen LogP contribution is -2.28. The normalized spacial score (nSPS) is 14.5. The van der Waals surface area contributed by atoms with Crippen LogP contribution in [0.15, 0.2) is 18.2 Å². The molecule has 4 heteroatoms. The molecule has 0 spiro atoms. The van der Waals surface area contributed by atoms with Gasteiger partial charge in [-0.25, -0.2) is 0 Å². The van der Waals surface area contributed by atoms with Gasteiger partial charge in [-0.15, -0.1) is 0 Å². The monoisotopic (exact) mass is 234 g/mol. The number of rotatable bonds is 4. The van der Waals surface area contributed by atoms with E-state index in [4.69, 9.17) is 10.5 Å². The van der Waals surface area contributed by atoms with Gasteiger partial charge in [0, 0.05) is 30.9 Å². The van der Waals surface area contributed by atoms with Crippen molar-refractivity contribution in [3.8, 4) is 5.75 Å². The van der Waals surface area contributed by atoms with Gasteiger partial charge in [0.05, 0.1) is 7.11 Å². The molecule has 1 saturated carbocycles. The van der Waals surface area contributed by atoms with Gasteiger partial charge in [0.25, 0.3) is 5.91 Å². The van der Waals surface area contributed by atoms with Gasteiger partial charge in [-0.1, -0.05) is 0 Å². The Balaban J connectivity index is 2.13. The lowest BCUT2D eigenvalue weighted by Gasteiger charge is -2.17. The van der Waals surface area contributed by atoms with Crippen LogP contribution in [0.1, 0.15) is 23.2 Å². The lowest BCUT2D eigenvalue weighted by atomic mass is 10.1. The second-order valence-electron chi connectivity index (χ2n) is 4.62. The van der Waals surface area contributed by atoms with E-state index in [0.717, 1.165) is 6.54 Å². The number of nitrogens with zero attached hydrogens (tertiary/aromatic N) is 1. The third kappa shape index (κ3) is 2.90. The van der Waals surface area contributed by atoms with Gasteiger partial charge in [0.15, 0.2) is 0 Å². The maximum Gasteiger partial charge on any atom is 0.253 e. The van der Waals surface area contributed by atoms with E-state index >= 15 is 0 Å². The highest BCUT2D eigenvalue weighted by Crippen LogP contribution is 2.30. The number of hydrogen-bond donors (Lipinski definition) is 1. The maximum absolute atomic E-state index is 12.1. The number of carbonyl (C=O) groups is 1. The molecule has 1 aliphatic carbocycles. The highest BCUT2D eigenvalue weighted by atomic mass is 16.5. The van der Waals surface area contributed by atoms with Crippen LogP contribution >= 0.6 is 0 Å². The Kier molecular flexibility index (Phi) is 3.22. The molecule has 2 N–H and O–H groups in total. The number of hydrogen-bond acceptors (Lipinski definition) is 3. The van der Waals surface area contributed by atoms with Crippen LogP contribution < -0.4 is 10.5 Å². The Morgan fingerprint density at radius 1 is 1.47 bits per heavy atom. The van der Waals surface area contributed by atoms with Gasteiger partial charge in [-0.3, -0.25) is 4.79 Å². The summed E-state index contributed by atoms with van der Waals surface area (Å²) in [7, 11) is 3.40. The minimum Gasteiger partial charge on any atom is -0.497 e. The first-order valence-corrected chi connectivity index (χ1v) is 5.80. The Bertz CT molecular complexity index is 427. The largest absolute Gasteiger partial charge is 0.497 e. The van der Waals surface area contributed by atoms with Crippen LogP contribution in [0.5, 0.6) is 5.75 Å². The molecule has 17 heavy (non-hydrogen) atoms. The fraction of sp³-hybridized carbons (Fsp3) is 0.462. The summed E-state index contributed by atoms with van der Waals surface area (Å²) in [5.41, 5.74) is 6.87. The van der Waals surface area contributed by atoms with E-state index in [1.165, 1.54) is 12.8 Å². The molecule has 4 nitrogen and oxygen atoms in total. The number of anilines is 1. The molecule has 0 saturated heterocycles.